The first-order valence-electron chi connectivity index (χ1n) is 10.2. The van der Waals surface area contributed by atoms with Crippen LogP contribution in [0.25, 0.3) is 10.9 Å². The van der Waals surface area contributed by atoms with Gasteiger partial charge >= 0.3 is 0 Å². The van der Waals surface area contributed by atoms with E-state index in [-0.39, 0.29) is 17.9 Å². The SMILES string of the molecule is COc1ccc2c3c(n(C)c2c1)[C@H](CO)N(C(=O)c1ccncc1)CC31CN(C)C1. The molecule has 3 aromatic rings. The van der Waals surface area contributed by atoms with E-state index in [0.717, 1.165) is 30.0 Å². The summed E-state index contributed by atoms with van der Waals surface area (Å²) < 4.78 is 7.57. The molecule has 2 aliphatic rings. The summed E-state index contributed by atoms with van der Waals surface area (Å²) in [6, 6.07) is 9.20. The van der Waals surface area contributed by atoms with Crippen LogP contribution in [0.4, 0.5) is 0 Å². The van der Waals surface area contributed by atoms with Crippen molar-refractivity contribution < 1.29 is 14.6 Å². The second-order valence-corrected chi connectivity index (χ2v) is 8.52. The maximum absolute atomic E-state index is 13.5. The van der Waals surface area contributed by atoms with E-state index in [1.54, 1.807) is 31.6 Å². The molecule has 2 aliphatic heterocycles. The van der Waals surface area contributed by atoms with Gasteiger partial charge in [-0.25, -0.2) is 0 Å². The largest absolute Gasteiger partial charge is 0.497 e. The molecule has 5 rings (SSSR count). The fraction of sp³-hybridized carbons (Fsp3) is 0.391. The molecule has 4 heterocycles. The summed E-state index contributed by atoms with van der Waals surface area (Å²) in [5.41, 5.74) is 3.79. The molecule has 0 saturated carbocycles. The highest BCUT2D eigenvalue weighted by atomic mass is 16.5. The van der Waals surface area contributed by atoms with E-state index in [9.17, 15) is 9.90 Å². The van der Waals surface area contributed by atoms with Gasteiger partial charge in [-0.2, -0.15) is 0 Å². The molecule has 30 heavy (non-hydrogen) atoms. The number of methoxy groups -OCH3 is 1. The standard InChI is InChI=1S/C23H26N4O3/c1-25-12-23(13-25)14-27(22(29)15-6-8-24-9-7-15)19(11-28)21-20(23)17-5-4-16(30-3)10-18(17)26(21)2/h4-10,19,28H,11-14H2,1-3H3/t19-/m0/s1. The van der Waals surface area contributed by atoms with Gasteiger partial charge in [-0.05, 0) is 36.9 Å². The molecule has 1 N–H and O–H groups in total. The summed E-state index contributed by atoms with van der Waals surface area (Å²) in [6.07, 6.45) is 3.26. The molecule has 1 aromatic carbocycles. The molecule has 7 nitrogen and oxygen atoms in total. The first-order valence-corrected chi connectivity index (χ1v) is 10.2. The van der Waals surface area contributed by atoms with Crippen LogP contribution in [-0.4, -0.2) is 70.8 Å². The lowest BCUT2D eigenvalue weighted by Crippen LogP contribution is -2.66. The van der Waals surface area contributed by atoms with Crippen LogP contribution in [0, 0.1) is 0 Å². The number of amides is 1. The maximum atomic E-state index is 13.5. The number of rotatable bonds is 3. The number of hydrogen-bond donors (Lipinski definition) is 1. The average molecular weight is 406 g/mol. The Morgan fingerprint density at radius 3 is 2.57 bits per heavy atom. The number of aryl methyl sites for hydroxylation is 1. The van der Waals surface area contributed by atoms with Crippen molar-refractivity contribution in [2.24, 2.45) is 7.05 Å². The Bertz CT molecular complexity index is 1120. The summed E-state index contributed by atoms with van der Waals surface area (Å²) in [4.78, 5) is 21.6. The zero-order chi connectivity index (χ0) is 21.0. The van der Waals surface area contributed by atoms with Crippen LogP contribution in [0.2, 0.25) is 0 Å². The lowest BCUT2D eigenvalue weighted by Gasteiger charge is -2.55. The molecule has 1 spiro atoms. The van der Waals surface area contributed by atoms with Crippen LogP contribution in [0.15, 0.2) is 42.7 Å². The normalized spacial score (nSPS) is 20.3. The van der Waals surface area contributed by atoms with E-state index in [1.807, 2.05) is 24.1 Å². The highest BCUT2D eigenvalue weighted by Crippen LogP contribution is 2.49. The second-order valence-electron chi connectivity index (χ2n) is 8.52. The molecule has 156 valence electrons. The Hall–Kier alpha value is -2.90. The van der Waals surface area contributed by atoms with Gasteiger partial charge in [0.1, 0.15) is 5.75 Å². The Kier molecular flexibility index (Phi) is 4.34. The zero-order valence-electron chi connectivity index (χ0n) is 17.5. The van der Waals surface area contributed by atoms with E-state index in [4.69, 9.17) is 4.74 Å². The molecule has 0 radical (unpaired) electrons. The summed E-state index contributed by atoms with van der Waals surface area (Å²) in [6.45, 7) is 2.21. The van der Waals surface area contributed by atoms with Crippen molar-refractivity contribution in [3.63, 3.8) is 0 Å². The number of likely N-dealkylation sites (tertiary alicyclic amines) is 1. The summed E-state index contributed by atoms with van der Waals surface area (Å²) in [5, 5.41) is 11.6. The average Bonchev–Trinajstić information content (AvgIpc) is 3.05. The van der Waals surface area contributed by atoms with Gasteiger partial charge in [0.25, 0.3) is 5.91 Å². The predicted octanol–water partition coefficient (Wildman–Crippen LogP) is 1.95. The van der Waals surface area contributed by atoms with Crippen LogP contribution in [0.1, 0.15) is 27.7 Å². The minimum atomic E-state index is -0.402. The minimum Gasteiger partial charge on any atom is -0.497 e. The first kappa shape index (κ1) is 19.1. The number of fused-ring (bicyclic) bond motifs is 4. The Labute approximate surface area is 175 Å². The van der Waals surface area contributed by atoms with E-state index >= 15 is 0 Å². The highest BCUT2D eigenvalue weighted by molar-refractivity contribution is 5.96. The van der Waals surface area contributed by atoms with Crippen molar-refractivity contribution >= 4 is 16.8 Å². The molecule has 0 unspecified atom stereocenters. The second kappa shape index (κ2) is 6.82. The molecular formula is C23H26N4O3. The quantitative estimate of drug-likeness (QED) is 0.720. The Morgan fingerprint density at radius 2 is 1.93 bits per heavy atom. The molecule has 2 aromatic heterocycles. The number of ether oxygens (including phenoxy) is 1. The van der Waals surface area contributed by atoms with Gasteiger partial charge in [0.2, 0.25) is 0 Å². The van der Waals surface area contributed by atoms with Crippen LogP contribution < -0.4 is 4.74 Å². The Balaban J connectivity index is 1.72. The number of aliphatic hydroxyl groups is 1. The van der Waals surface area contributed by atoms with Crippen LogP contribution in [-0.2, 0) is 12.5 Å². The number of aromatic nitrogens is 2. The molecule has 1 amide bonds. The van der Waals surface area contributed by atoms with Crippen molar-refractivity contribution in [3.8, 4) is 5.75 Å². The molecular weight excluding hydrogens is 380 g/mol. The van der Waals surface area contributed by atoms with Gasteiger partial charge in [-0.1, -0.05) is 0 Å². The lowest BCUT2D eigenvalue weighted by atomic mass is 9.69. The smallest absolute Gasteiger partial charge is 0.254 e. The van der Waals surface area contributed by atoms with Gasteiger partial charge in [-0.15, -0.1) is 0 Å². The molecule has 0 aliphatic carbocycles. The van der Waals surface area contributed by atoms with Crippen molar-refractivity contribution in [2.75, 3.05) is 40.4 Å². The maximum Gasteiger partial charge on any atom is 0.254 e. The van der Waals surface area contributed by atoms with Crippen molar-refractivity contribution in [2.45, 2.75) is 11.5 Å². The number of pyridine rings is 1. The lowest BCUT2D eigenvalue weighted by molar-refractivity contribution is 0.00869. The molecule has 1 saturated heterocycles. The summed E-state index contributed by atoms with van der Waals surface area (Å²) in [7, 11) is 5.78. The monoisotopic (exact) mass is 406 g/mol. The third kappa shape index (κ3) is 2.58. The van der Waals surface area contributed by atoms with E-state index < -0.39 is 6.04 Å². The predicted molar refractivity (Wildman–Crippen MR) is 114 cm³/mol. The summed E-state index contributed by atoms with van der Waals surface area (Å²) >= 11 is 0. The first-order chi connectivity index (χ1) is 14.5. The van der Waals surface area contributed by atoms with Crippen LogP contribution in [0.3, 0.4) is 0 Å². The summed E-state index contributed by atoms with van der Waals surface area (Å²) in [5.74, 6) is 0.726. The fourth-order valence-corrected chi connectivity index (χ4v) is 5.48. The van der Waals surface area contributed by atoms with Crippen molar-refractivity contribution in [1.82, 2.24) is 19.4 Å². The van der Waals surface area contributed by atoms with Gasteiger partial charge in [0.05, 0.1) is 25.3 Å². The third-order valence-electron chi connectivity index (χ3n) is 6.65. The zero-order valence-corrected chi connectivity index (χ0v) is 17.5. The number of carbonyl (C=O) groups excluding carboxylic acids is 1. The fourth-order valence-electron chi connectivity index (χ4n) is 5.48. The van der Waals surface area contributed by atoms with E-state index in [0.29, 0.717) is 12.1 Å². The van der Waals surface area contributed by atoms with Gasteiger partial charge in [0, 0.05) is 67.2 Å². The topological polar surface area (TPSA) is 70.8 Å². The number of hydrogen-bond acceptors (Lipinski definition) is 5. The highest BCUT2D eigenvalue weighted by Gasteiger charge is 2.53. The van der Waals surface area contributed by atoms with Gasteiger partial charge in [-0.3, -0.25) is 9.78 Å². The van der Waals surface area contributed by atoms with E-state index in [1.165, 1.54) is 10.9 Å². The van der Waals surface area contributed by atoms with Crippen LogP contribution >= 0.6 is 0 Å². The molecule has 7 heteroatoms. The number of carbonyl (C=O) groups is 1. The number of nitrogens with zero attached hydrogens (tertiary/aromatic N) is 4. The van der Waals surface area contributed by atoms with Crippen LogP contribution in [0.5, 0.6) is 5.75 Å². The van der Waals surface area contributed by atoms with E-state index in [2.05, 4.69) is 27.6 Å². The number of benzene rings is 1. The minimum absolute atomic E-state index is 0.0705. The third-order valence-corrected chi connectivity index (χ3v) is 6.65. The van der Waals surface area contributed by atoms with Gasteiger partial charge in [0.15, 0.2) is 0 Å². The Morgan fingerprint density at radius 1 is 1.20 bits per heavy atom. The molecule has 1 fully saturated rings. The number of aliphatic hydroxyl groups excluding tert-OH is 1. The van der Waals surface area contributed by atoms with Gasteiger partial charge < -0.3 is 24.2 Å². The number of likely N-dealkylation sites (N-methyl/N-ethyl adjacent to an activating group) is 1. The molecule has 1 atom stereocenters. The van der Waals surface area contributed by atoms with Crippen molar-refractivity contribution in [3.05, 3.63) is 59.5 Å². The molecule has 0 bridgehead atoms. The van der Waals surface area contributed by atoms with Crippen molar-refractivity contribution in [1.29, 1.82) is 0 Å².